The van der Waals surface area contributed by atoms with Crippen LogP contribution in [0.15, 0.2) is 32.7 Å². The van der Waals surface area contributed by atoms with E-state index in [-0.39, 0.29) is 0 Å². The van der Waals surface area contributed by atoms with Crippen molar-refractivity contribution in [2.45, 2.75) is 43.4 Å². The maximum absolute atomic E-state index is 4.33. The van der Waals surface area contributed by atoms with E-state index in [1.54, 1.807) is 11.8 Å². The van der Waals surface area contributed by atoms with Crippen LogP contribution >= 0.6 is 27.7 Å². The van der Waals surface area contributed by atoms with Crippen molar-refractivity contribution in [2.24, 2.45) is 0 Å². The van der Waals surface area contributed by atoms with E-state index in [4.69, 9.17) is 0 Å². The molecule has 0 amide bonds. The van der Waals surface area contributed by atoms with Crippen LogP contribution in [-0.4, -0.2) is 21.2 Å². The van der Waals surface area contributed by atoms with Crippen LogP contribution in [0.1, 0.15) is 25.2 Å². The Labute approximate surface area is 125 Å². The molecule has 0 atom stereocenters. The SMILES string of the molecule is Cc1nc(Sc2ccc(Br)cc2CNC(C)C)n[nH]1. The van der Waals surface area contributed by atoms with Crippen LogP contribution in [0, 0.1) is 6.92 Å². The molecule has 2 aromatic rings. The summed E-state index contributed by atoms with van der Waals surface area (Å²) in [5.74, 6) is 0.835. The molecule has 1 aromatic heterocycles. The number of halogens is 1. The molecule has 102 valence electrons. The Kier molecular flexibility index (Phi) is 5.01. The highest BCUT2D eigenvalue weighted by atomic mass is 79.9. The monoisotopic (exact) mass is 340 g/mol. The zero-order valence-electron chi connectivity index (χ0n) is 11.2. The van der Waals surface area contributed by atoms with Gasteiger partial charge < -0.3 is 5.32 Å². The molecule has 0 radical (unpaired) electrons. The number of nitrogens with zero attached hydrogens (tertiary/aromatic N) is 2. The molecular formula is C13H17BrN4S. The smallest absolute Gasteiger partial charge is 0.213 e. The number of nitrogens with one attached hydrogen (secondary N) is 2. The van der Waals surface area contributed by atoms with Crippen LogP contribution in [-0.2, 0) is 6.54 Å². The molecule has 0 saturated heterocycles. The van der Waals surface area contributed by atoms with Gasteiger partial charge in [-0.25, -0.2) is 4.98 Å². The van der Waals surface area contributed by atoms with E-state index in [9.17, 15) is 0 Å². The van der Waals surface area contributed by atoms with E-state index in [1.807, 2.05) is 13.0 Å². The molecule has 1 aromatic carbocycles. The number of aryl methyl sites for hydroxylation is 1. The number of hydrogen-bond acceptors (Lipinski definition) is 4. The third kappa shape index (κ3) is 4.33. The first-order valence-corrected chi connectivity index (χ1v) is 7.74. The van der Waals surface area contributed by atoms with Crippen LogP contribution < -0.4 is 5.32 Å². The van der Waals surface area contributed by atoms with Gasteiger partial charge in [-0.2, -0.15) is 0 Å². The third-order valence-electron chi connectivity index (χ3n) is 2.50. The highest BCUT2D eigenvalue weighted by Gasteiger charge is 2.09. The second kappa shape index (κ2) is 6.54. The summed E-state index contributed by atoms with van der Waals surface area (Å²) in [5, 5.41) is 11.2. The van der Waals surface area contributed by atoms with Crippen molar-refractivity contribution in [1.29, 1.82) is 0 Å². The molecular weight excluding hydrogens is 324 g/mol. The second-order valence-corrected chi connectivity index (χ2v) is 6.52. The highest BCUT2D eigenvalue weighted by Crippen LogP contribution is 2.30. The Bertz CT molecular complexity index is 553. The number of aromatic amines is 1. The second-order valence-electron chi connectivity index (χ2n) is 4.59. The van der Waals surface area contributed by atoms with Gasteiger partial charge in [-0.15, -0.1) is 5.10 Å². The van der Waals surface area contributed by atoms with Gasteiger partial charge in [0.2, 0.25) is 5.16 Å². The van der Waals surface area contributed by atoms with Crippen molar-refractivity contribution < 1.29 is 0 Å². The van der Waals surface area contributed by atoms with Gasteiger partial charge in [0, 0.05) is 22.0 Å². The summed E-state index contributed by atoms with van der Waals surface area (Å²) < 4.78 is 1.09. The van der Waals surface area contributed by atoms with Crippen molar-refractivity contribution in [3.63, 3.8) is 0 Å². The van der Waals surface area contributed by atoms with Gasteiger partial charge in [0.1, 0.15) is 5.82 Å². The number of H-pyrrole nitrogens is 1. The average molecular weight is 341 g/mol. The van der Waals surface area contributed by atoms with Crippen molar-refractivity contribution in [3.8, 4) is 0 Å². The first-order valence-electron chi connectivity index (χ1n) is 6.13. The summed E-state index contributed by atoms with van der Waals surface area (Å²) in [6, 6.07) is 6.73. The molecule has 19 heavy (non-hydrogen) atoms. The summed E-state index contributed by atoms with van der Waals surface area (Å²) in [5.41, 5.74) is 1.25. The van der Waals surface area contributed by atoms with Crippen molar-refractivity contribution in [3.05, 3.63) is 34.1 Å². The molecule has 0 saturated carbocycles. The predicted octanol–water partition coefficient (Wildman–Crippen LogP) is 3.52. The molecule has 0 aliphatic rings. The molecule has 2 N–H and O–H groups in total. The molecule has 1 heterocycles. The lowest BCUT2D eigenvalue weighted by Crippen LogP contribution is -2.22. The number of aromatic nitrogens is 3. The van der Waals surface area contributed by atoms with Gasteiger partial charge in [-0.3, -0.25) is 5.10 Å². The summed E-state index contributed by atoms with van der Waals surface area (Å²) >= 11 is 5.10. The number of benzene rings is 1. The molecule has 0 aliphatic carbocycles. The minimum absolute atomic E-state index is 0.461. The minimum atomic E-state index is 0.461. The predicted molar refractivity (Wildman–Crippen MR) is 81.4 cm³/mol. The largest absolute Gasteiger partial charge is 0.310 e. The Balaban J connectivity index is 2.18. The van der Waals surface area contributed by atoms with Gasteiger partial charge in [0.05, 0.1) is 0 Å². The van der Waals surface area contributed by atoms with E-state index in [0.717, 1.165) is 22.0 Å². The Hall–Kier alpha value is -0.850. The molecule has 4 nitrogen and oxygen atoms in total. The van der Waals surface area contributed by atoms with Crippen LogP contribution in [0.5, 0.6) is 0 Å². The maximum Gasteiger partial charge on any atom is 0.213 e. The fraction of sp³-hybridized carbons (Fsp3) is 0.385. The van der Waals surface area contributed by atoms with Gasteiger partial charge in [-0.1, -0.05) is 29.8 Å². The van der Waals surface area contributed by atoms with Crippen molar-refractivity contribution in [2.75, 3.05) is 0 Å². The van der Waals surface area contributed by atoms with Crippen LogP contribution in [0.4, 0.5) is 0 Å². The molecule has 0 spiro atoms. The fourth-order valence-electron chi connectivity index (χ4n) is 1.57. The zero-order valence-corrected chi connectivity index (χ0v) is 13.6. The van der Waals surface area contributed by atoms with E-state index in [1.165, 1.54) is 10.5 Å². The highest BCUT2D eigenvalue weighted by molar-refractivity contribution is 9.10. The number of rotatable bonds is 5. The first kappa shape index (κ1) is 14.6. The molecule has 2 rings (SSSR count). The quantitative estimate of drug-likeness (QED) is 0.874. The van der Waals surface area contributed by atoms with E-state index >= 15 is 0 Å². The summed E-state index contributed by atoms with van der Waals surface area (Å²) in [4.78, 5) is 5.51. The fourth-order valence-corrected chi connectivity index (χ4v) is 2.84. The molecule has 0 fully saturated rings. The van der Waals surface area contributed by atoms with E-state index in [0.29, 0.717) is 6.04 Å². The van der Waals surface area contributed by atoms with Crippen LogP contribution in [0.3, 0.4) is 0 Å². The van der Waals surface area contributed by atoms with Gasteiger partial charge >= 0.3 is 0 Å². The van der Waals surface area contributed by atoms with Crippen LogP contribution in [0.2, 0.25) is 0 Å². The summed E-state index contributed by atoms with van der Waals surface area (Å²) in [7, 11) is 0. The Morgan fingerprint density at radius 1 is 1.42 bits per heavy atom. The van der Waals surface area contributed by atoms with Crippen molar-refractivity contribution >= 4 is 27.7 Å². The zero-order chi connectivity index (χ0) is 13.8. The van der Waals surface area contributed by atoms with Gasteiger partial charge in [0.15, 0.2) is 0 Å². The molecule has 0 bridgehead atoms. The van der Waals surface area contributed by atoms with Gasteiger partial charge in [-0.05, 0) is 42.4 Å². The van der Waals surface area contributed by atoms with Crippen molar-refractivity contribution in [1.82, 2.24) is 20.5 Å². The lowest BCUT2D eigenvalue weighted by Gasteiger charge is -2.12. The average Bonchev–Trinajstić information content (AvgIpc) is 2.75. The summed E-state index contributed by atoms with van der Waals surface area (Å²) in [6.07, 6.45) is 0. The lowest BCUT2D eigenvalue weighted by atomic mass is 10.2. The first-order chi connectivity index (χ1) is 9.04. The van der Waals surface area contributed by atoms with E-state index < -0.39 is 0 Å². The lowest BCUT2D eigenvalue weighted by molar-refractivity contribution is 0.584. The maximum atomic E-state index is 4.33. The topological polar surface area (TPSA) is 53.6 Å². The Morgan fingerprint density at radius 3 is 2.84 bits per heavy atom. The normalized spacial score (nSPS) is 11.2. The molecule has 6 heteroatoms. The standard InChI is InChI=1S/C13H17BrN4S/c1-8(2)15-7-10-6-11(14)4-5-12(10)19-13-16-9(3)17-18-13/h4-6,8,15H,7H2,1-3H3,(H,16,17,18). The van der Waals surface area contributed by atoms with Gasteiger partial charge in [0.25, 0.3) is 0 Å². The van der Waals surface area contributed by atoms with E-state index in [2.05, 4.69) is 62.4 Å². The Morgan fingerprint density at radius 2 is 2.21 bits per heavy atom. The third-order valence-corrected chi connectivity index (χ3v) is 3.98. The van der Waals surface area contributed by atoms with Crippen LogP contribution in [0.25, 0.3) is 0 Å². The molecule has 0 aliphatic heterocycles. The minimum Gasteiger partial charge on any atom is -0.310 e. The number of hydrogen-bond donors (Lipinski definition) is 2. The summed E-state index contributed by atoms with van der Waals surface area (Å²) in [6.45, 7) is 7.02. The molecule has 0 unspecified atom stereocenters.